The molecule has 2 aromatic heterocycles. The third-order valence-electron chi connectivity index (χ3n) is 5.80. The van der Waals surface area contributed by atoms with Gasteiger partial charge in [-0.25, -0.2) is 17.9 Å². The molecule has 0 radical (unpaired) electrons. The van der Waals surface area contributed by atoms with Gasteiger partial charge in [0.25, 0.3) is 10.1 Å². The molecule has 2 aromatic carbocycles. The van der Waals surface area contributed by atoms with Gasteiger partial charge in [0, 0.05) is 0 Å². The fourth-order valence-corrected chi connectivity index (χ4v) is 6.88. The minimum Gasteiger partial charge on any atom is -0.492 e. The zero-order chi connectivity index (χ0) is 36.1. The fraction of sp³-hybridized carbons (Fsp3) is 0.182. The number of aromatic hydroxyl groups is 1. The summed E-state index contributed by atoms with van der Waals surface area (Å²) in [4.78, 5) is 10.8. The first-order chi connectivity index (χ1) is 22.9. The second-order valence-corrected chi connectivity index (χ2v) is 15.4. The number of sulfone groups is 1. The minimum atomic E-state index is -4.95. The summed E-state index contributed by atoms with van der Waals surface area (Å²) in [5.41, 5.74) is -0.517. The van der Waals surface area contributed by atoms with Crippen LogP contribution in [-0.4, -0.2) is 88.1 Å². The summed E-state index contributed by atoms with van der Waals surface area (Å²) in [5.74, 6) is -1.53. The zero-order valence-electron chi connectivity index (χ0n) is 24.4. The molecule has 0 aliphatic heterocycles. The number of azo groups is 1. The van der Waals surface area contributed by atoms with Gasteiger partial charge in [0.15, 0.2) is 20.7 Å². The lowest BCUT2D eigenvalue weighted by atomic mass is 10.3. The van der Waals surface area contributed by atoms with E-state index in [1.807, 2.05) is 0 Å². The Morgan fingerprint density at radius 2 is 1.71 bits per heavy atom. The summed E-state index contributed by atoms with van der Waals surface area (Å²) < 4.78 is 99.2. The van der Waals surface area contributed by atoms with Crippen molar-refractivity contribution in [1.82, 2.24) is 24.7 Å². The number of hydrogen-bond acceptors (Lipinski definition) is 20. The molecule has 27 heteroatoms. The predicted octanol–water partition coefficient (Wildman–Crippen LogP) is 3.87. The zero-order valence-corrected chi connectivity index (χ0v) is 29.2. The van der Waals surface area contributed by atoms with Gasteiger partial charge in [-0.2, -0.15) is 41.6 Å². The first-order valence-corrected chi connectivity index (χ1v) is 19.4. The first-order valence-electron chi connectivity index (χ1n) is 12.6. The second-order valence-electron chi connectivity index (χ2n) is 8.99. The van der Waals surface area contributed by atoms with Crippen LogP contribution >= 0.6 is 35.4 Å². The Balaban J connectivity index is 1.68. The molecule has 5 N–H and O–H groups in total. The average molecular weight is 801 g/mol. The van der Waals surface area contributed by atoms with Gasteiger partial charge in [-0.1, -0.05) is 16.8 Å². The molecular weight excluding hydrogens is 780 g/mol. The van der Waals surface area contributed by atoms with Crippen molar-refractivity contribution in [2.75, 3.05) is 23.9 Å². The van der Waals surface area contributed by atoms with Crippen LogP contribution in [-0.2, 0) is 43.9 Å². The molecule has 0 atom stereocenters. The molecule has 4 aromatic rings. The number of nitrogens with one attached hydrogen (secondary N) is 1. The van der Waals surface area contributed by atoms with Crippen LogP contribution in [0.4, 0.5) is 23.0 Å². The number of aryl methyl sites for hydroxylation is 1. The van der Waals surface area contributed by atoms with E-state index in [4.69, 9.17) is 21.4 Å². The van der Waals surface area contributed by atoms with Crippen LogP contribution in [0.2, 0.25) is 5.28 Å². The van der Waals surface area contributed by atoms with E-state index in [2.05, 4.69) is 49.2 Å². The van der Waals surface area contributed by atoms with Gasteiger partial charge in [-0.15, -0.1) is 14.6 Å². The largest absolute Gasteiger partial charge is 0.492 e. The molecule has 0 saturated heterocycles. The highest BCUT2D eigenvalue weighted by Gasteiger charge is 2.23. The van der Waals surface area contributed by atoms with Gasteiger partial charge in [0.1, 0.15) is 10.6 Å². The summed E-state index contributed by atoms with van der Waals surface area (Å²) in [5, 5.41) is 37.9. The van der Waals surface area contributed by atoms with Gasteiger partial charge in [-0.05, 0) is 61.2 Å². The second kappa shape index (κ2) is 15.6. The van der Waals surface area contributed by atoms with Crippen LogP contribution in [0.15, 0.2) is 66.5 Å². The molecule has 4 rings (SSSR count). The van der Waals surface area contributed by atoms with Crippen LogP contribution in [0.3, 0.4) is 0 Å². The molecule has 0 bridgehead atoms. The molecule has 0 aliphatic rings. The van der Waals surface area contributed by atoms with Crippen molar-refractivity contribution < 1.29 is 58.3 Å². The Morgan fingerprint density at radius 1 is 1.02 bits per heavy atom. The Labute approximate surface area is 290 Å². The maximum absolute atomic E-state index is 12.5. The third-order valence-corrected chi connectivity index (χ3v) is 10.2. The fourth-order valence-electron chi connectivity index (χ4n) is 3.73. The van der Waals surface area contributed by atoms with E-state index in [1.54, 1.807) is 6.26 Å². The highest BCUT2D eigenvalue weighted by molar-refractivity contribution is 7.98. The molecule has 0 unspecified atom stereocenters. The maximum Gasteiger partial charge on any atom is 0.397 e. The predicted molar refractivity (Wildman–Crippen MR) is 171 cm³/mol. The molecule has 0 amide bonds. The van der Waals surface area contributed by atoms with Crippen molar-refractivity contribution in [3.05, 3.63) is 47.4 Å². The number of thioether (sulfide) groups is 1. The highest BCUT2D eigenvalue weighted by atomic mass is 35.5. The van der Waals surface area contributed by atoms with Crippen molar-refractivity contribution in [3.63, 3.8) is 0 Å². The summed E-state index contributed by atoms with van der Waals surface area (Å²) in [6.45, 7) is 0.615. The molecule has 0 fully saturated rings. The van der Waals surface area contributed by atoms with Gasteiger partial charge in [0.05, 0.1) is 51.3 Å². The van der Waals surface area contributed by atoms with E-state index in [0.717, 1.165) is 40.7 Å². The van der Waals surface area contributed by atoms with Crippen LogP contribution in [0.5, 0.6) is 5.88 Å². The first kappa shape index (κ1) is 38.3. The summed E-state index contributed by atoms with van der Waals surface area (Å²) in [6, 6.07) is 6.84. The van der Waals surface area contributed by atoms with Gasteiger partial charge in [-0.3, -0.25) is 9.11 Å². The van der Waals surface area contributed by atoms with E-state index in [0.29, 0.717) is 12.0 Å². The lowest BCUT2D eigenvalue weighted by molar-refractivity contribution is -0.432. The van der Waals surface area contributed by atoms with Crippen LogP contribution in [0.25, 0.3) is 5.69 Å². The average Bonchev–Trinajstić information content (AvgIpc) is 3.30. The molecule has 49 heavy (non-hydrogen) atoms. The number of benzene rings is 2. The van der Waals surface area contributed by atoms with E-state index < -0.39 is 53.5 Å². The lowest BCUT2D eigenvalue weighted by Crippen LogP contribution is -2.15. The molecule has 0 aliphatic carbocycles. The minimum absolute atomic E-state index is 0.0544. The number of aromatic nitrogens is 5. The molecule has 21 nitrogen and oxygen atoms in total. The summed E-state index contributed by atoms with van der Waals surface area (Å²) in [7, 11) is -13.8. The van der Waals surface area contributed by atoms with E-state index in [1.165, 1.54) is 19.1 Å². The number of rotatable bonds is 15. The maximum atomic E-state index is 12.5. The number of hydrogen-bond donors (Lipinski definition) is 5. The van der Waals surface area contributed by atoms with Gasteiger partial charge in [0.2, 0.25) is 17.1 Å². The smallest absolute Gasteiger partial charge is 0.397 e. The Kier molecular flexibility index (Phi) is 12.2. The molecule has 2 heterocycles. The van der Waals surface area contributed by atoms with Crippen LogP contribution < -0.4 is 5.32 Å². The Morgan fingerprint density at radius 3 is 2.33 bits per heavy atom. The molecular formula is C22H21ClN8O13S5. The van der Waals surface area contributed by atoms with Crippen molar-refractivity contribution in [2.24, 2.45) is 10.2 Å². The molecule has 0 saturated carbocycles. The standard InChI is InChI=1S/C22H21ClN8O13S5/c1-11-18(19(32)31(30-11)12-3-5-13(6-4-12)47(34,35)8-7-42-49(39,40)41)29-28-14-10-17(48(36,37)38)15(9-16(14)46-44-43-33)24-21-25-20(23)26-22(27-21)45-2/h3-6,9-10,32-33H,7-8H2,1-2H3,(H,36,37,38)(H,39,40,41)(H,24,25,26,27). The normalized spacial score (nSPS) is 12.5. The van der Waals surface area contributed by atoms with Crippen molar-refractivity contribution >= 4 is 88.8 Å². The van der Waals surface area contributed by atoms with E-state index >= 15 is 0 Å². The van der Waals surface area contributed by atoms with Crippen LogP contribution in [0, 0.1) is 6.92 Å². The summed E-state index contributed by atoms with van der Waals surface area (Å²) >= 11 is 7.38. The van der Waals surface area contributed by atoms with Crippen molar-refractivity contribution in [2.45, 2.75) is 26.8 Å². The third kappa shape index (κ3) is 10.0. The Hall–Kier alpha value is -3.54. The van der Waals surface area contributed by atoms with Gasteiger partial charge < -0.3 is 10.4 Å². The quantitative estimate of drug-likeness (QED) is 0.0284. The van der Waals surface area contributed by atoms with Crippen molar-refractivity contribution in [1.29, 1.82) is 0 Å². The monoisotopic (exact) mass is 800 g/mol. The van der Waals surface area contributed by atoms with Crippen molar-refractivity contribution in [3.8, 4) is 11.6 Å². The van der Waals surface area contributed by atoms with Crippen LogP contribution in [0.1, 0.15) is 5.69 Å². The molecule has 264 valence electrons. The molecule has 0 spiro atoms. The number of nitrogens with zero attached hydrogens (tertiary/aromatic N) is 7. The number of halogens is 1. The SMILES string of the molecule is CSc1nc(Cl)nc(Nc2cc(SOOO)c(N=Nc3c(C)nn(-c4ccc(S(=O)(=O)CCOS(=O)(=O)O)cc4)c3O)cc2S(=O)(=O)O)n1. The summed E-state index contributed by atoms with van der Waals surface area (Å²) in [6.07, 6.45) is 1.66. The number of anilines is 2. The topological polar surface area (TPSA) is 304 Å². The van der Waals surface area contributed by atoms with Gasteiger partial charge >= 0.3 is 10.4 Å². The van der Waals surface area contributed by atoms with E-state index in [-0.39, 0.29) is 54.6 Å². The van der Waals surface area contributed by atoms with E-state index in [9.17, 15) is 34.9 Å². The lowest BCUT2D eigenvalue weighted by Gasteiger charge is -2.12. The highest BCUT2D eigenvalue weighted by Crippen LogP contribution is 2.40. The Bertz CT molecular complexity index is 2220.